The number of carbonyl (C=O) groups excluding carboxylic acids is 1. The summed E-state index contributed by atoms with van der Waals surface area (Å²) in [5.41, 5.74) is -1.02. The average molecular weight is 282 g/mol. The molecule has 1 unspecified atom stereocenters. The number of nitrogens with one attached hydrogen (secondary N) is 1. The fourth-order valence-electron chi connectivity index (χ4n) is 1.45. The number of nitro groups is 1. The van der Waals surface area contributed by atoms with Crippen LogP contribution in [-0.2, 0) is 0 Å². The molecule has 0 aliphatic carbocycles. The van der Waals surface area contributed by atoms with Crippen molar-refractivity contribution in [1.82, 2.24) is 5.32 Å². The minimum absolute atomic E-state index is 0.0513. The van der Waals surface area contributed by atoms with Gasteiger partial charge in [-0.25, -0.2) is 0 Å². The summed E-state index contributed by atoms with van der Waals surface area (Å²) < 4.78 is 5.03. The third kappa shape index (κ3) is 3.45. The van der Waals surface area contributed by atoms with Crippen molar-refractivity contribution < 1.29 is 19.6 Å². The molecule has 1 aromatic rings. The molecule has 7 heteroatoms. The lowest BCUT2D eigenvalue weighted by molar-refractivity contribution is -0.384. The van der Waals surface area contributed by atoms with E-state index in [4.69, 9.17) is 4.74 Å². The molecule has 0 saturated carbocycles. The lowest BCUT2D eigenvalue weighted by Gasteiger charge is -2.29. The number of ether oxygens (including phenoxy) is 1. The summed E-state index contributed by atoms with van der Waals surface area (Å²) in [5.74, 6) is -0.314. The topological polar surface area (TPSA) is 102 Å². The fourth-order valence-corrected chi connectivity index (χ4v) is 1.45. The number of non-ortho nitro benzene ring substituents is 1. The Morgan fingerprint density at radius 3 is 2.55 bits per heavy atom. The van der Waals surface area contributed by atoms with Crippen LogP contribution in [-0.4, -0.2) is 34.7 Å². The molecular weight excluding hydrogens is 264 g/mol. The SMILES string of the molecule is COc1ccc([N+](=O)[O-])cc1C(=O)NC(C)(C)C(C)O. The maximum atomic E-state index is 12.2. The quantitative estimate of drug-likeness (QED) is 0.629. The zero-order chi connectivity index (χ0) is 15.5. The van der Waals surface area contributed by atoms with E-state index in [9.17, 15) is 20.0 Å². The molecule has 1 atom stereocenters. The molecule has 0 fully saturated rings. The van der Waals surface area contributed by atoms with Crippen molar-refractivity contribution >= 4 is 11.6 Å². The Morgan fingerprint density at radius 2 is 2.10 bits per heavy atom. The van der Waals surface area contributed by atoms with Crippen LogP contribution in [0.4, 0.5) is 5.69 Å². The first-order valence-corrected chi connectivity index (χ1v) is 6.02. The predicted molar refractivity (Wildman–Crippen MR) is 72.9 cm³/mol. The Balaban J connectivity index is 3.14. The molecule has 0 bridgehead atoms. The maximum absolute atomic E-state index is 12.2. The molecule has 1 aromatic carbocycles. The highest BCUT2D eigenvalue weighted by Crippen LogP contribution is 2.24. The van der Waals surface area contributed by atoms with Crippen LogP contribution in [0.5, 0.6) is 5.75 Å². The predicted octanol–water partition coefficient (Wildman–Crippen LogP) is 1.49. The summed E-state index contributed by atoms with van der Waals surface area (Å²) in [5, 5.41) is 23.0. The first-order chi connectivity index (χ1) is 9.19. The molecule has 0 aromatic heterocycles. The first-order valence-electron chi connectivity index (χ1n) is 6.02. The van der Waals surface area contributed by atoms with Crippen molar-refractivity contribution in [3.8, 4) is 5.75 Å². The van der Waals surface area contributed by atoms with Crippen LogP contribution >= 0.6 is 0 Å². The minimum Gasteiger partial charge on any atom is -0.496 e. The number of hydrogen-bond acceptors (Lipinski definition) is 5. The van der Waals surface area contributed by atoms with Gasteiger partial charge in [0.1, 0.15) is 5.75 Å². The molecule has 0 radical (unpaired) electrons. The normalized spacial score (nSPS) is 12.7. The van der Waals surface area contributed by atoms with Gasteiger partial charge in [0.2, 0.25) is 0 Å². The van der Waals surface area contributed by atoms with E-state index in [2.05, 4.69) is 5.32 Å². The van der Waals surface area contributed by atoms with E-state index in [0.717, 1.165) is 6.07 Å². The molecule has 0 spiro atoms. The number of hydrogen-bond donors (Lipinski definition) is 2. The molecule has 20 heavy (non-hydrogen) atoms. The summed E-state index contributed by atoms with van der Waals surface area (Å²) in [6.45, 7) is 4.85. The highest BCUT2D eigenvalue weighted by atomic mass is 16.6. The van der Waals surface area contributed by atoms with Crippen LogP contribution in [0.25, 0.3) is 0 Å². The number of rotatable bonds is 5. The number of benzene rings is 1. The van der Waals surface area contributed by atoms with E-state index < -0.39 is 22.5 Å². The molecule has 1 rings (SSSR count). The second-order valence-corrected chi connectivity index (χ2v) is 4.99. The summed E-state index contributed by atoms with van der Waals surface area (Å²) in [4.78, 5) is 22.4. The number of nitrogens with zero attached hydrogens (tertiary/aromatic N) is 1. The van der Waals surface area contributed by atoms with E-state index in [0.29, 0.717) is 0 Å². The van der Waals surface area contributed by atoms with E-state index in [1.54, 1.807) is 20.8 Å². The third-order valence-electron chi connectivity index (χ3n) is 3.12. The third-order valence-corrected chi connectivity index (χ3v) is 3.12. The number of nitro benzene ring substituents is 1. The van der Waals surface area contributed by atoms with E-state index in [1.807, 2.05) is 0 Å². The maximum Gasteiger partial charge on any atom is 0.270 e. The van der Waals surface area contributed by atoms with Crippen LogP contribution in [0, 0.1) is 10.1 Å². The number of aliphatic hydroxyl groups is 1. The monoisotopic (exact) mass is 282 g/mol. The van der Waals surface area contributed by atoms with Gasteiger partial charge in [-0.1, -0.05) is 0 Å². The molecule has 7 nitrogen and oxygen atoms in total. The lowest BCUT2D eigenvalue weighted by atomic mass is 9.98. The Bertz CT molecular complexity index is 525. The van der Waals surface area contributed by atoms with Crippen molar-refractivity contribution in [2.75, 3.05) is 7.11 Å². The molecule has 1 amide bonds. The molecule has 0 heterocycles. The number of amides is 1. The van der Waals surface area contributed by atoms with Crippen LogP contribution < -0.4 is 10.1 Å². The Morgan fingerprint density at radius 1 is 1.50 bits per heavy atom. The van der Waals surface area contributed by atoms with Gasteiger partial charge in [-0.05, 0) is 26.8 Å². The average Bonchev–Trinajstić information content (AvgIpc) is 2.37. The van der Waals surface area contributed by atoms with Gasteiger partial charge < -0.3 is 15.2 Å². The molecule has 0 aliphatic heterocycles. The van der Waals surface area contributed by atoms with E-state index >= 15 is 0 Å². The fraction of sp³-hybridized carbons (Fsp3) is 0.462. The van der Waals surface area contributed by atoms with Crippen molar-refractivity contribution in [2.24, 2.45) is 0 Å². The van der Waals surface area contributed by atoms with Crippen molar-refractivity contribution in [2.45, 2.75) is 32.4 Å². The zero-order valence-electron chi connectivity index (χ0n) is 11.8. The second-order valence-electron chi connectivity index (χ2n) is 4.99. The number of carbonyl (C=O) groups is 1. The van der Waals surface area contributed by atoms with Gasteiger partial charge in [0.05, 0.1) is 29.2 Å². The van der Waals surface area contributed by atoms with Gasteiger partial charge in [0.15, 0.2) is 0 Å². The molecule has 0 aliphatic rings. The number of methoxy groups -OCH3 is 1. The van der Waals surface area contributed by atoms with E-state index in [-0.39, 0.29) is 17.0 Å². The summed E-state index contributed by atoms with van der Waals surface area (Å²) in [6.07, 6.45) is -0.781. The van der Waals surface area contributed by atoms with Crippen molar-refractivity contribution in [3.05, 3.63) is 33.9 Å². The van der Waals surface area contributed by atoms with Gasteiger partial charge >= 0.3 is 0 Å². The second kappa shape index (κ2) is 5.87. The van der Waals surface area contributed by atoms with Gasteiger partial charge in [-0.3, -0.25) is 14.9 Å². The van der Waals surface area contributed by atoms with Crippen LogP contribution in [0.15, 0.2) is 18.2 Å². The largest absolute Gasteiger partial charge is 0.496 e. The van der Waals surface area contributed by atoms with Crippen LogP contribution in [0.2, 0.25) is 0 Å². The van der Waals surface area contributed by atoms with Crippen molar-refractivity contribution in [3.63, 3.8) is 0 Å². The Labute approximate surface area is 116 Å². The lowest BCUT2D eigenvalue weighted by Crippen LogP contribution is -2.51. The first kappa shape index (κ1) is 15.9. The molecule has 110 valence electrons. The Kier molecular flexibility index (Phi) is 4.67. The van der Waals surface area contributed by atoms with E-state index in [1.165, 1.54) is 19.2 Å². The van der Waals surface area contributed by atoms with Crippen LogP contribution in [0.3, 0.4) is 0 Å². The molecule has 2 N–H and O–H groups in total. The van der Waals surface area contributed by atoms with Gasteiger partial charge in [0.25, 0.3) is 11.6 Å². The Hall–Kier alpha value is -2.15. The smallest absolute Gasteiger partial charge is 0.270 e. The molecular formula is C13H18N2O5. The number of aliphatic hydroxyl groups excluding tert-OH is 1. The summed E-state index contributed by atoms with van der Waals surface area (Å²) in [6, 6.07) is 3.77. The zero-order valence-corrected chi connectivity index (χ0v) is 11.8. The highest BCUT2D eigenvalue weighted by molar-refractivity contribution is 5.98. The summed E-state index contributed by atoms with van der Waals surface area (Å²) in [7, 11) is 1.37. The van der Waals surface area contributed by atoms with Crippen LogP contribution in [0.1, 0.15) is 31.1 Å². The van der Waals surface area contributed by atoms with Gasteiger partial charge in [-0.2, -0.15) is 0 Å². The minimum atomic E-state index is -0.868. The van der Waals surface area contributed by atoms with Gasteiger partial charge in [0, 0.05) is 12.1 Å². The standard InChI is InChI=1S/C13H18N2O5/c1-8(16)13(2,3)14-12(17)10-7-9(15(18)19)5-6-11(10)20-4/h5-8,16H,1-4H3,(H,14,17). The summed E-state index contributed by atoms with van der Waals surface area (Å²) >= 11 is 0. The molecule has 0 saturated heterocycles. The van der Waals surface area contributed by atoms with Gasteiger partial charge in [-0.15, -0.1) is 0 Å². The van der Waals surface area contributed by atoms with Crippen molar-refractivity contribution in [1.29, 1.82) is 0 Å². The highest BCUT2D eigenvalue weighted by Gasteiger charge is 2.28.